The quantitative estimate of drug-likeness (QED) is 0.390. The van der Waals surface area contributed by atoms with Gasteiger partial charge in [-0.05, 0) is 71.0 Å². The number of hydrogen-bond acceptors (Lipinski definition) is 3. The molecule has 0 radical (unpaired) electrons. The van der Waals surface area contributed by atoms with Crippen LogP contribution in [0.25, 0.3) is 22.3 Å². The van der Waals surface area contributed by atoms with Crippen LogP contribution >= 0.6 is 0 Å². The van der Waals surface area contributed by atoms with Crippen molar-refractivity contribution in [3.8, 4) is 11.1 Å². The molecule has 1 aliphatic rings. The number of ketones is 1. The Morgan fingerprint density at radius 3 is 2.42 bits per heavy atom. The maximum atomic E-state index is 13.5. The summed E-state index contributed by atoms with van der Waals surface area (Å²) in [6.07, 6.45) is 1.30. The summed E-state index contributed by atoms with van der Waals surface area (Å²) < 4.78 is 13.5. The van der Waals surface area contributed by atoms with Gasteiger partial charge in [0.05, 0.1) is 5.57 Å². The van der Waals surface area contributed by atoms with Crippen LogP contribution in [0.3, 0.4) is 0 Å². The SMILES string of the molecule is CCC(C)C(=O)c1cccc(-c2cc3c(cc2N)CC(c2ccc(F)cc2)=C3C(=O)NC)c1. The molecule has 0 aliphatic heterocycles. The lowest BCUT2D eigenvalue weighted by Gasteiger charge is -2.13. The van der Waals surface area contributed by atoms with E-state index in [1.165, 1.54) is 12.1 Å². The van der Waals surface area contributed by atoms with Crippen LogP contribution in [0.1, 0.15) is 47.3 Å². The summed E-state index contributed by atoms with van der Waals surface area (Å²) in [4.78, 5) is 25.6. The number of rotatable bonds is 6. The van der Waals surface area contributed by atoms with E-state index in [1.54, 1.807) is 19.2 Å². The zero-order chi connectivity index (χ0) is 23.7. The molecule has 4 nitrogen and oxygen atoms in total. The summed E-state index contributed by atoms with van der Waals surface area (Å²) in [6, 6.07) is 17.5. The monoisotopic (exact) mass is 442 g/mol. The molecule has 1 amide bonds. The second-order valence-corrected chi connectivity index (χ2v) is 8.47. The van der Waals surface area contributed by atoms with E-state index >= 15 is 0 Å². The molecule has 0 heterocycles. The summed E-state index contributed by atoms with van der Waals surface area (Å²) in [7, 11) is 1.60. The van der Waals surface area contributed by atoms with Gasteiger partial charge in [-0.25, -0.2) is 4.39 Å². The molecule has 33 heavy (non-hydrogen) atoms. The first kappa shape index (κ1) is 22.5. The number of fused-ring (bicyclic) bond motifs is 1. The van der Waals surface area contributed by atoms with Crippen LogP contribution in [0.2, 0.25) is 0 Å². The fourth-order valence-corrected chi connectivity index (χ4v) is 4.33. The molecular formula is C28H27FN2O2. The van der Waals surface area contributed by atoms with E-state index in [0.717, 1.165) is 39.8 Å². The molecule has 1 atom stereocenters. The van der Waals surface area contributed by atoms with Gasteiger partial charge in [0, 0.05) is 29.8 Å². The van der Waals surface area contributed by atoms with Gasteiger partial charge in [0.2, 0.25) is 0 Å². The Balaban J connectivity index is 1.84. The highest BCUT2D eigenvalue weighted by atomic mass is 19.1. The summed E-state index contributed by atoms with van der Waals surface area (Å²) in [5.74, 6) is -0.485. The first-order valence-electron chi connectivity index (χ1n) is 11.1. The molecule has 1 aliphatic carbocycles. The van der Waals surface area contributed by atoms with Crippen molar-refractivity contribution in [2.24, 2.45) is 5.92 Å². The Bertz CT molecular complexity index is 1280. The number of amides is 1. The number of carbonyl (C=O) groups excluding carboxylic acids is 2. The van der Waals surface area contributed by atoms with Gasteiger partial charge in [0.15, 0.2) is 5.78 Å². The highest BCUT2D eigenvalue weighted by Crippen LogP contribution is 2.42. The lowest BCUT2D eigenvalue weighted by molar-refractivity contribution is -0.115. The molecular weight excluding hydrogens is 415 g/mol. The molecule has 3 N–H and O–H groups in total. The Hall–Kier alpha value is -3.73. The summed E-state index contributed by atoms with van der Waals surface area (Å²) in [5, 5.41) is 2.73. The number of nitrogens with two attached hydrogens (primary N) is 1. The van der Waals surface area contributed by atoms with Gasteiger partial charge in [-0.2, -0.15) is 0 Å². The Morgan fingerprint density at radius 2 is 1.76 bits per heavy atom. The van der Waals surface area contributed by atoms with E-state index in [-0.39, 0.29) is 23.4 Å². The van der Waals surface area contributed by atoms with Crippen molar-refractivity contribution in [3.63, 3.8) is 0 Å². The van der Waals surface area contributed by atoms with Crippen LogP contribution < -0.4 is 11.1 Å². The molecule has 4 rings (SSSR count). The van der Waals surface area contributed by atoms with E-state index in [1.807, 2.05) is 50.2 Å². The number of halogens is 1. The number of carbonyl (C=O) groups is 2. The third kappa shape index (κ3) is 4.19. The van der Waals surface area contributed by atoms with Gasteiger partial charge in [0.25, 0.3) is 5.91 Å². The fraction of sp³-hybridized carbons (Fsp3) is 0.214. The van der Waals surface area contributed by atoms with Crippen molar-refractivity contribution >= 4 is 28.5 Å². The molecule has 0 saturated heterocycles. The van der Waals surface area contributed by atoms with E-state index in [0.29, 0.717) is 23.2 Å². The highest BCUT2D eigenvalue weighted by Gasteiger charge is 2.28. The van der Waals surface area contributed by atoms with Crippen LogP contribution in [0.4, 0.5) is 10.1 Å². The van der Waals surface area contributed by atoms with Crippen molar-refractivity contribution < 1.29 is 14.0 Å². The lowest BCUT2D eigenvalue weighted by Crippen LogP contribution is -2.19. The van der Waals surface area contributed by atoms with Crippen molar-refractivity contribution in [1.29, 1.82) is 0 Å². The van der Waals surface area contributed by atoms with Crippen molar-refractivity contribution in [1.82, 2.24) is 5.32 Å². The number of hydrogen-bond donors (Lipinski definition) is 2. The van der Waals surface area contributed by atoms with Gasteiger partial charge < -0.3 is 11.1 Å². The van der Waals surface area contributed by atoms with Crippen LogP contribution in [0.5, 0.6) is 0 Å². The molecule has 0 fully saturated rings. The molecule has 5 heteroatoms. The zero-order valence-electron chi connectivity index (χ0n) is 19.0. The molecule has 1 unspecified atom stereocenters. The normalized spacial score (nSPS) is 13.6. The number of anilines is 1. The lowest BCUT2D eigenvalue weighted by atomic mass is 9.92. The average molecular weight is 443 g/mol. The number of nitrogens with one attached hydrogen (secondary N) is 1. The second kappa shape index (κ2) is 9.02. The van der Waals surface area contributed by atoms with Gasteiger partial charge in [-0.1, -0.05) is 44.2 Å². The van der Waals surface area contributed by atoms with E-state index in [2.05, 4.69) is 5.32 Å². The van der Waals surface area contributed by atoms with E-state index < -0.39 is 0 Å². The molecule has 3 aromatic rings. The topological polar surface area (TPSA) is 72.2 Å². The molecule has 0 bridgehead atoms. The van der Waals surface area contributed by atoms with Gasteiger partial charge in [0.1, 0.15) is 5.82 Å². The largest absolute Gasteiger partial charge is 0.398 e. The van der Waals surface area contributed by atoms with Gasteiger partial charge in [-0.15, -0.1) is 0 Å². The third-order valence-electron chi connectivity index (χ3n) is 6.38. The van der Waals surface area contributed by atoms with E-state index in [4.69, 9.17) is 5.73 Å². The minimum Gasteiger partial charge on any atom is -0.398 e. The molecule has 0 aromatic heterocycles. The Labute approximate surface area is 193 Å². The molecule has 0 spiro atoms. The standard InChI is InChI=1S/C28H27FN2O2/c1-4-16(2)27(32)19-7-5-6-18(12-19)22-15-24-20(14-25(22)30)13-23(26(24)28(33)31-3)17-8-10-21(29)11-9-17/h5-12,14-16H,4,13,30H2,1-3H3,(H,31,33). The number of allylic oxidation sites excluding steroid dienone is 1. The number of benzene rings is 3. The Kier molecular flexibility index (Phi) is 6.14. The number of Topliss-reactive ketones (excluding diaryl/α,β-unsaturated/α-hetero) is 1. The fourth-order valence-electron chi connectivity index (χ4n) is 4.33. The van der Waals surface area contributed by atoms with Crippen molar-refractivity contribution in [3.05, 3.63) is 88.7 Å². The number of likely N-dealkylation sites (N-methyl/N-ethyl adjacent to an activating group) is 1. The summed E-state index contributed by atoms with van der Waals surface area (Å²) in [6.45, 7) is 3.92. The maximum absolute atomic E-state index is 13.5. The van der Waals surface area contributed by atoms with Gasteiger partial charge >= 0.3 is 0 Å². The summed E-state index contributed by atoms with van der Waals surface area (Å²) in [5.41, 5.74) is 13.2. The molecule has 168 valence electrons. The highest BCUT2D eigenvalue weighted by molar-refractivity contribution is 6.29. The minimum atomic E-state index is -0.324. The van der Waals surface area contributed by atoms with Crippen molar-refractivity contribution in [2.45, 2.75) is 26.7 Å². The Morgan fingerprint density at radius 1 is 1.03 bits per heavy atom. The maximum Gasteiger partial charge on any atom is 0.251 e. The van der Waals surface area contributed by atoms with E-state index in [9.17, 15) is 14.0 Å². The first-order chi connectivity index (χ1) is 15.8. The van der Waals surface area contributed by atoms with Crippen molar-refractivity contribution in [2.75, 3.05) is 12.8 Å². The van der Waals surface area contributed by atoms with Crippen LogP contribution in [-0.4, -0.2) is 18.7 Å². The molecule has 0 saturated carbocycles. The van der Waals surface area contributed by atoms with Crippen LogP contribution in [0.15, 0.2) is 60.7 Å². The van der Waals surface area contributed by atoms with Crippen LogP contribution in [0, 0.1) is 11.7 Å². The van der Waals surface area contributed by atoms with Crippen LogP contribution in [-0.2, 0) is 11.2 Å². The predicted octanol–water partition coefficient (Wildman–Crippen LogP) is 5.52. The second-order valence-electron chi connectivity index (χ2n) is 8.47. The average Bonchev–Trinajstić information content (AvgIpc) is 3.20. The smallest absolute Gasteiger partial charge is 0.251 e. The predicted molar refractivity (Wildman–Crippen MR) is 131 cm³/mol. The number of nitrogen functional groups attached to an aromatic ring is 1. The first-order valence-corrected chi connectivity index (χ1v) is 11.1. The zero-order valence-corrected chi connectivity index (χ0v) is 19.0. The van der Waals surface area contributed by atoms with Gasteiger partial charge in [-0.3, -0.25) is 9.59 Å². The molecule has 3 aromatic carbocycles. The third-order valence-corrected chi connectivity index (χ3v) is 6.38. The minimum absolute atomic E-state index is 0.0568. The summed E-state index contributed by atoms with van der Waals surface area (Å²) >= 11 is 0.